The number of nitrogens with two attached hydrogens (primary N) is 1. The van der Waals surface area contributed by atoms with E-state index in [1.807, 2.05) is 0 Å². The van der Waals surface area contributed by atoms with E-state index in [0.29, 0.717) is 6.54 Å². The van der Waals surface area contributed by atoms with Gasteiger partial charge < -0.3 is 10.8 Å². The van der Waals surface area contributed by atoms with E-state index in [1.54, 1.807) is 6.92 Å². The first-order valence-electron chi connectivity index (χ1n) is 3.61. The van der Waals surface area contributed by atoms with Crippen molar-refractivity contribution in [2.75, 3.05) is 6.54 Å². The third-order valence-corrected chi connectivity index (χ3v) is 1.51. The van der Waals surface area contributed by atoms with Gasteiger partial charge in [-0.2, -0.15) is 0 Å². The van der Waals surface area contributed by atoms with Crippen molar-refractivity contribution in [3.05, 3.63) is 0 Å². The van der Waals surface area contributed by atoms with Crippen molar-refractivity contribution in [2.24, 2.45) is 11.7 Å². The van der Waals surface area contributed by atoms with Crippen molar-refractivity contribution in [3.8, 4) is 0 Å². The van der Waals surface area contributed by atoms with Crippen molar-refractivity contribution < 1.29 is 9.90 Å². The summed E-state index contributed by atoms with van der Waals surface area (Å²) in [5.41, 5.74) is 5.24. The van der Waals surface area contributed by atoms with E-state index >= 15 is 0 Å². The molecule has 0 aromatic carbocycles. The Morgan fingerprint density at radius 1 is 1.55 bits per heavy atom. The summed E-state index contributed by atoms with van der Waals surface area (Å²) in [5.74, 6) is -0.927. The Labute approximate surface area is 73.4 Å². The molecule has 0 spiro atoms. The molecule has 3 nitrogen and oxygen atoms in total. The molecule has 0 fully saturated rings. The van der Waals surface area contributed by atoms with Gasteiger partial charge in [-0.3, -0.25) is 4.79 Å². The summed E-state index contributed by atoms with van der Waals surface area (Å²) in [5, 5.41) is 8.45. The number of hydrogen-bond donors (Lipinski definition) is 2. The molecule has 0 radical (unpaired) electrons. The minimum atomic E-state index is -0.711. The lowest BCUT2D eigenvalue weighted by molar-refractivity contribution is -0.141. The molecule has 0 aromatic rings. The van der Waals surface area contributed by atoms with Crippen LogP contribution in [0.15, 0.2) is 0 Å². The molecule has 0 aromatic heterocycles. The minimum absolute atomic E-state index is 0. The molecule has 68 valence electrons. The lowest BCUT2D eigenvalue weighted by Crippen LogP contribution is -2.09. The summed E-state index contributed by atoms with van der Waals surface area (Å²) in [4.78, 5) is 10.3. The van der Waals surface area contributed by atoms with Crippen LogP contribution in [0.1, 0.15) is 26.2 Å². The van der Waals surface area contributed by atoms with Crippen molar-refractivity contribution in [1.29, 1.82) is 0 Å². The largest absolute Gasteiger partial charge is 0.481 e. The standard InChI is InChI=1S/C7H15NO2.ClH/c1-6(7(9)10)4-2-3-5-8;/h6H,2-5,8H2,1H3,(H,9,10);1H. The third kappa shape index (κ3) is 7.62. The molecule has 0 amide bonds. The molecular formula is C7H16ClNO2. The second kappa shape index (κ2) is 7.82. The molecule has 0 aliphatic carbocycles. The summed E-state index contributed by atoms with van der Waals surface area (Å²) >= 11 is 0. The SMILES string of the molecule is CC(CCCCN)C(=O)O.Cl. The average Bonchev–Trinajstić information content (AvgIpc) is 1.88. The maximum Gasteiger partial charge on any atom is 0.306 e. The highest BCUT2D eigenvalue weighted by atomic mass is 35.5. The predicted molar refractivity (Wildman–Crippen MR) is 47.0 cm³/mol. The lowest BCUT2D eigenvalue weighted by Gasteiger charge is -2.03. The predicted octanol–water partition coefficient (Wildman–Crippen LogP) is 1.26. The topological polar surface area (TPSA) is 63.3 Å². The van der Waals surface area contributed by atoms with Crippen LogP contribution in [0.25, 0.3) is 0 Å². The number of carboxylic acid groups (broad SMARTS) is 1. The van der Waals surface area contributed by atoms with E-state index in [0.717, 1.165) is 19.3 Å². The van der Waals surface area contributed by atoms with Crippen LogP contribution in [0.4, 0.5) is 0 Å². The van der Waals surface area contributed by atoms with Crippen molar-refractivity contribution in [3.63, 3.8) is 0 Å². The van der Waals surface area contributed by atoms with Crippen LogP contribution in [0.2, 0.25) is 0 Å². The van der Waals surface area contributed by atoms with Crippen molar-refractivity contribution >= 4 is 18.4 Å². The molecule has 0 saturated carbocycles. The van der Waals surface area contributed by atoms with Crippen LogP contribution in [0.5, 0.6) is 0 Å². The second-order valence-electron chi connectivity index (χ2n) is 2.52. The van der Waals surface area contributed by atoms with Crippen LogP contribution < -0.4 is 5.73 Å². The summed E-state index contributed by atoms with van der Waals surface area (Å²) in [7, 11) is 0. The van der Waals surface area contributed by atoms with Gasteiger partial charge >= 0.3 is 5.97 Å². The molecule has 11 heavy (non-hydrogen) atoms. The molecule has 0 rings (SSSR count). The monoisotopic (exact) mass is 181 g/mol. The summed E-state index contributed by atoms with van der Waals surface area (Å²) in [6.45, 7) is 2.38. The molecule has 0 heterocycles. The Morgan fingerprint density at radius 3 is 2.45 bits per heavy atom. The van der Waals surface area contributed by atoms with Gasteiger partial charge in [0.05, 0.1) is 5.92 Å². The lowest BCUT2D eigenvalue weighted by atomic mass is 10.1. The quantitative estimate of drug-likeness (QED) is 0.628. The third-order valence-electron chi connectivity index (χ3n) is 1.51. The van der Waals surface area contributed by atoms with E-state index in [-0.39, 0.29) is 18.3 Å². The first kappa shape index (κ1) is 13.3. The Kier molecular flexibility index (Phi) is 9.47. The molecule has 1 atom stereocenters. The first-order valence-corrected chi connectivity index (χ1v) is 3.61. The van der Waals surface area contributed by atoms with Gasteiger partial charge in [0.25, 0.3) is 0 Å². The smallest absolute Gasteiger partial charge is 0.306 e. The average molecular weight is 182 g/mol. The number of carboxylic acids is 1. The highest BCUT2D eigenvalue weighted by Crippen LogP contribution is 2.06. The highest BCUT2D eigenvalue weighted by molar-refractivity contribution is 5.85. The van der Waals surface area contributed by atoms with Gasteiger partial charge in [0.2, 0.25) is 0 Å². The summed E-state index contributed by atoms with van der Waals surface area (Å²) in [6, 6.07) is 0. The van der Waals surface area contributed by atoms with Crippen LogP contribution in [0, 0.1) is 5.92 Å². The van der Waals surface area contributed by atoms with E-state index in [9.17, 15) is 4.79 Å². The van der Waals surface area contributed by atoms with Crippen molar-refractivity contribution in [2.45, 2.75) is 26.2 Å². The summed E-state index contributed by atoms with van der Waals surface area (Å²) < 4.78 is 0. The number of halogens is 1. The normalized spacial score (nSPS) is 11.8. The fourth-order valence-electron chi connectivity index (χ4n) is 0.718. The van der Waals surface area contributed by atoms with E-state index < -0.39 is 5.97 Å². The molecule has 0 aliphatic heterocycles. The van der Waals surface area contributed by atoms with Crippen LogP contribution in [-0.2, 0) is 4.79 Å². The maximum absolute atomic E-state index is 10.3. The molecule has 3 N–H and O–H groups in total. The van der Waals surface area contributed by atoms with Crippen LogP contribution in [-0.4, -0.2) is 17.6 Å². The van der Waals surface area contributed by atoms with Gasteiger partial charge in [0.15, 0.2) is 0 Å². The van der Waals surface area contributed by atoms with Gasteiger partial charge in [0, 0.05) is 0 Å². The van der Waals surface area contributed by atoms with E-state index in [4.69, 9.17) is 10.8 Å². The van der Waals surface area contributed by atoms with Crippen molar-refractivity contribution in [1.82, 2.24) is 0 Å². The van der Waals surface area contributed by atoms with Gasteiger partial charge in [-0.25, -0.2) is 0 Å². The maximum atomic E-state index is 10.3. The minimum Gasteiger partial charge on any atom is -0.481 e. The zero-order valence-electron chi connectivity index (χ0n) is 6.75. The number of rotatable bonds is 5. The zero-order chi connectivity index (χ0) is 7.98. The Morgan fingerprint density at radius 2 is 2.09 bits per heavy atom. The molecule has 1 unspecified atom stereocenters. The molecule has 0 saturated heterocycles. The fraction of sp³-hybridized carbons (Fsp3) is 0.857. The zero-order valence-corrected chi connectivity index (χ0v) is 7.56. The van der Waals surface area contributed by atoms with Gasteiger partial charge in [-0.15, -0.1) is 12.4 Å². The molecule has 0 bridgehead atoms. The summed E-state index contributed by atoms with van der Waals surface area (Å²) in [6.07, 6.45) is 2.59. The number of carbonyl (C=O) groups is 1. The van der Waals surface area contributed by atoms with E-state index in [1.165, 1.54) is 0 Å². The number of aliphatic carboxylic acids is 1. The Hall–Kier alpha value is -0.280. The van der Waals surface area contributed by atoms with E-state index in [2.05, 4.69) is 0 Å². The second-order valence-corrected chi connectivity index (χ2v) is 2.52. The van der Waals surface area contributed by atoms with Crippen LogP contribution in [0.3, 0.4) is 0 Å². The fourth-order valence-corrected chi connectivity index (χ4v) is 0.718. The number of unbranched alkanes of at least 4 members (excludes halogenated alkanes) is 1. The van der Waals surface area contributed by atoms with Gasteiger partial charge in [-0.1, -0.05) is 13.3 Å². The Balaban J connectivity index is 0. The van der Waals surface area contributed by atoms with Gasteiger partial charge in [0.1, 0.15) is 0 Å². The Bertz CT molecular complexity index is 109. The van der Waals surface area contributed by atoms with Gasteiger partial charge in [-0.05, 0) is 19.4 Å². The number of hydrogen-bond acceptors (Lipinski definition) is 2. The molecular weight excluding hydrogens is 166 g/mol. The highest BCUT2D eigenvalue weighted by Gasteiger charge is 2.08. The first-order chi connectivity index (χ1) is 4.68. The van der Waals surface area contributed by atoms with Crippen LogP contribution >= 0.6 is 12.4 Å². The molecule has 4 heteroatoms. The molecule has 0 aliphatic rings.